The van der Waals surface area contributed by atoms with Crippen LogP contribution in [0.5, 0.6) is 0 Å². The SMILES string of the molecule is Cc1ccc(-c2c(C)c3c(c(C)c2[C@H](OC(C)(C)C)C(=O)O)CN(S(=O)(=O)N2CCCCC2)CC3)cc1. The minimum atomic E-state index is -3.58. The molecule has 0 radical (unpaired) electrons. The standard InChI is InChI=1S/C29H40N2O5S/c1-19-10-12-22(13-11-19)25-20(2)23-14-17-31(37(34,35)30-15-8-7-9-16-30)18-24(23)21(3)26(25)27(28(32)33)36-29(4,5)6/h10-13,27H,7-9,14-18H2,1-6H3,(H,32,33)/t27-/m0/s1. The molecule has 202 valence electrons. The van der Waals surface area contributed by atoms with Crippen molar-refractivity contribution in [3.63, 3.8) is 0 Å². The van der Waals surface area contributed by atoms with Crippen LogP contribution in [0, 0.1) is 20.8 Å². The van der Waals surface area contributed by atoms with Gasteiger partial charge in [0.05, 0.1) is 5.60 Å². The summed E-state index contributed by atoms with van der Waals surface area (Å²) in [6, 6.07) is 8.11. The molecule has 0 aromatic heterocycles. The molecule has 2 aliphatic heterocycles. The Kier molecular flexibility index (Phi) is 7.87. The van der Waals surface area contributed by atoms with Crippen molar-refractivity contribution >= 4 is 16.2 Å². The molecule has 0 spiro atoms. The fraction of sp³-hybridized carbons (Fsp3) is 0.552. The maximum absolute atomic E-state index is 13.5. The van der Waals surface area contributed by atoms with Gasteiger partial charge in [-0.2, -0.15) is 17.0 Å². The predicted molar refractivity (Wildman–Crippen MR) is 146 cm³/mol. The zero-order valence-electron chi connectivity index (χ0n) is 22.9. The zero-order valence-corrected chi connectivity index (χ0v) is 23.7. The summed E-state index contributed by atoms with van der Waals surface area (Å²) >= 11 is 0. The number of benzene rings is 2. The van der Waals surface area contributed by atoms with Crippen molar-refractivity contribution in [2.24, 2.45) is 0 Å². The summed E-state index contributed by atoms with van der Waals surface area (Å²) in [5.41, 5.74) is 6.67. The second-order valence-corrected chi connectivity index (χ2v) is 13.3. The Bertz CT molecular complexity index is 1270. The van der Waals surface area contributed by atoms with Crippen molar-refractivity contribution < 1.29 is 23.1 Å². The molecular weight excluding hydrogens is 488 g/mol. The van der Waals surface area contributed by atoms with Gasteiger partial charge in [0.2, 0.25) is 0 Å². The molecule has 7 nitrogen and oxygen atoms in total. The van der Waals surface area contributed by atoms with Gasteiger partial charge in [-0.05, 0) is 94.2 Å². The van der Waals surface area contributed by atoms with E-state index < -0.39 is 27.9 Å². The first kappa shape index (κ1) is 27.8. The van der Waals surface area contributed by atoms with Gasteiger partial charge in [0.15, 0.2) is 6.10 Å². The summed E-state index contributed by atoms with van der Waals surface area (Å²) in [4.78, 5) is 12.6. The maximum atomic E-state index is 13.5. The lowest BCUT2D eigenvalue weighted by Crippen LogP contribution is -2.47. The number of aliphatic carboxylic acids is 1. The molecule has 2 aromatic rings. The molecule has 1 atom stereocenters. The van der Waals surface area contributed by atoms with Crippen LogP contribution in [0.4, 0.5) is 0 Å². The third-order valence-electron chi connectivity index (χ3n) is 7.53. The van der Waals surface area contributed by atoms with Crippen molar-refractivity contribution in [3.05, 3.63) is 57.6 Å². The molecule has 0 bridgehead atoms. The normalized spacial score (nSPS) is 18.4. The lowest BCUT2D eigenvalue weighted by atomic mass is 9.80. The number of fused-ring (bicyclic) bond motifs is 1. The minimum Gasteiger partial charge on any atom is -0.479 e. The summed E-state index contributed by atoms with van der Waals surface area (Å²) in [6.07, 6.45) is 2.23. The van der Waals surface area contributed by atoms with E-state index in [1.54, 1.807) is 8.61 Å². The van der Waals surface area contributed by atoms with Gasteiger partial charge in [0.1, 0.15) is 0 Å². The monoisotopic (exact) mass is 528 g/mol. The third-order valence-corrected chi connectivity index (χ3v) is 9.51. The Hall–Kier alpha value is -2.26. The average molecular weight is 529 g/mol. The van der Waals surface area contributed by atoms with Crippen LogP contribution in [-0.2, 0) is 32.7 Å². The molecule has 4 rings (SSSR count). The number of carboxylic acid groups (broad SMARTS) is 1. The molecular formula is C29H40N2O5S. The number of ether oxygens (including phenoxy) is 1. The van der Waals surface area contributed by atoms with Gasteiger partial charge in [-0.25, -0.2) is 4.79 Å². The fourth-order valence-corrected chi connectivity index (χ4v) is 7.32. The number of hydrogen-bond donors (Lipinski definition) is 1. The Morgan fingerprint density at radius 2 is 1.54 bits per heavy atom. The topological polar surface area (TPSA) is 87.1 Å². The van der Waals surface area contributed by atoms with E-state index in [2.05, 4.69) is 0 Å². The van der Waals surface area contributed by atoms with E-state index in [0.717, 1.165) is 58.2 Å². The van der Waals surface area contributed by atoms with E-state index >= 15 is 0 Å². The van der Waals surface area contributed by atoms with Gasteiger partial charge in [-0.1, -0.05) is 36.2 Å². The van der Waals surface area contributed by atoms with Crippen LogP contribution in [0.25, 0.3) is 11.1 Å². The van der Waals surface area contributed by atoms with Crippen molar-refractivity contribution in [1.29, 1.82) is 0 Å². The molecule has 1 N–H and O–H groups in total. The summed E-state index contributed by atoms with van der Waals surface area (Å²) < 4.78 is 36.4. The highest BCUT2D eigenvalue weighted by atomic mass is 32.2. The Balaban J connectivity index is 1.89. The van der Waals surface area contributed by atoms with Crippen LogP contribution in [0.2, 0.25) is 0 Å². The second kappa shape index (κ2) is 10.5. The molecule has 1 saturated heterocycles. The Morgan fingerprint density at radius 1 is 0.919 bits per heavy atom. The Labute approximate surface area is 221 Å². The van der Waals surface area contributed by atoms with Gasteiger partial charge in [-0.15, -0.1) is 0 Å². The molecule has 0 aliphatic carbocycles. The molecule has 2 aliphatic rings. The second-order valence-electron chi connectivity index (χ2n) is 11.4. The van der Waals surface area contributed by atoms with Crippen molar-refractivity contribution in [3.8, 4) is 11.1 Å². The predicted octanol–water partition coefficient (Wildman–Crippen LogP) is 5.31. The zero-order chi connectivity index (χ0) is 27.1. The number of nitrogens with zero attached hydrogens (tertiary/aromatic N) is 2. The van der Waals surface area contributed by atoms with E-state index in [1.165, 1.54) is 0 Å². The van der Waals surface area contributed by atoms with Crippen molar-refractivity contribution in [1.82, 2.24) is 8.61 Å². The van der Waals surface area contributed by atoms with Crippen molar-refractivity contribution in [2.45, 2.75) is 85.5 Å². The lowest BCUT2D eigenvalue weighted by Gasteiger charge is -2.37. The molecule has 0 saturated carbocycles. The third kappa shape index (κ3) is 5.62. The number of aryl methyl sites for hydroxylation is 1. The van der Waals surface area contributed by atoms with Crippen molar-refractivity contribution in [2.75, 3.05) is 19.6 Å². The quantitative estimate of drug-likeness (QED) is 0.549. The summed E-state index contributed by atoms with van der Waals surface area (Å²) in [6.45, 7) is 13.3. The fourth-order valence-electron chi connectivity index (χ4n) is 5.66. The summed E-state index contributed by atoms with van der Waals surface area (Å²) in [5, 5.41) is 10.3. The van der Waals surface area contributed by atoms with E-state index in [9.17, 15) is 18.3 Å². The Morgan fingerprint density at radius 3 is 2.11 bits per heavy atom. The van der Waals surface area contributed by atoms with Crippen LogP contribution in [0.1, 0.15) is 79.5 Å². The van der Waals surface area contributed by atoms with Gasteiger partial charge in [0.25, 0.3) is 10.2 Å². The number of carboxylic acids is 1. The van der Waals surface area contributed by atoms with Gasteiger partial charge in [-0.3, -0.25) is 0 Å². The van der Waals surface area contributed by atoms with Gasteiger partial charge in [0, 0.05) is 31.7 Å². The largest absolute Gasteiger partial charge is 0.479 e. The molecule has 0 amide bonds. The smallest absolute Gasteiger partial charge is 0.337 e. The first-order chi connectivity index (χ1) is 17.3. The first-order valence-corrected chi connectivity index (χ1v) is 14.6. The van der Waals surface area contributed by atoms with Crippen LogP contribution in [0.15, 0.2) is 24.3 Å². The van der Waals surface area contributed by atoms with E-state index in [-0.39, 0.29) is 6.54 Å². The van der Waals surface area contributed by atoms with Crippen LogP contribution >= 0.6 is 0 Å². The number of rotatable bonds is 6. The van der Waals surface area contributed by atoms with E-state index in [1.807, 2.05) is 65.8 Å². The highest BCUT2D eigenvalue weighted by molar-refractivity contribution is 7.86. The van der Waals surface area contributed by atoms with Gasteiger partial charge < -0.3 is 9.84 Å². The number of carbonyl (C=O) groups is 1. The molecule has 2 aromatic carbocycles. The molecule has 1 fully saturated rings. The van der Waals surface area contributed by atoms with E-state index in [0.29, 0.717) is 31.6 Å². The molecule has 8 heteroatoms. The first-order valence-electron chi connectivity index (χ1n) is 13.2. The highest BCUT2D eigenvalue weighted by Crippen LogP contribution is 2.43. The summed E-state index contributed by atoms with van der Waals surface area (Å²) in [5.74, 6) is -1.06. The number of piperidine rings is 1. The van der Waals surface area contributed by atoms with Crippen LogP contribution in [0.3, 0.4) is 0 Å². The summed E-state index contributed by atoms with van der Waals surface area (Å²) in [7, 11) is -3.58. The lowest BCUT2D eigenvalue weighted by molar-refractivity contribution is -0.160. The molecule has 2 heterocycles. The van der Waals surface area contributed by atoms with Crippen LogP contribution < -0.4 is 0 Å². The average Bonchev–Trinajstić information content (AvgIpc) is 2.85. The van der Waals surface area contributed by atoms with Gasteiger partial charge >= 0.3 is 5.97 Å². The van der Waals surface area contributed by atoms with E-state index in [4.69, 9.17) is 4.74 Å². The van der Waals surface area contributed by atoms with Crippen LogP contribution in [-0.4, -0.2) is 53.3 Å². The highest BCUT2D eigenvalue weighted by Gasteiger charge is 2.38. The minimum absolute atomic E-state index is 0.240. The number of hydrogen-bond acceptors (Lipinski definition) is 4. The molecule has 0 unspecified atom stereocenters. The maximum Gasteiger partial charge on any atom is 0.337 e. The molecule has 37 heavy (non-hydrogen) atoms.